The summed E-state index contributed by atoms with van der Waals surface area (Å²) in [5.74, 6) is 0.123. The maximum atomic E-state index is 10.6. The van der Waals surface area contributed by atoms with Crippen LogP contribution in [0.3, 0.4) is 0 Å². The molecular formula is C9H6ClN3O3. The Hall–Kier alpha value is -2.08. The van der Waals surface area contributed by atoms with Gasteiger partial charge in [0.15, 0.2) is 0 Å². The summed E-state index contributed by atoms with van der Waals surface area (Å²) < 4.78 is 4.67. The summed E-state index contributed by atoms with van der Waals surface area (Å²) in [6.07, 6.45) is 0. The number of nitrogens with two attached hydrogens (primary N) is 1. The second kappa shape index (κ2) is 3.82. The molecular weight excluding hydrogens is 234 g/mol. The lowest BCUT2D eigenvalue weighted by Gasteiger charge is -1.99. The summed E-state index contributed by atoms with van der Waals surface area (Å²) in [4.78, 5) is 10.1. The third kappa shape index (κ3) is 1.82. The topological polar surface area (TPSA) is 95.2 Å². The maximum absolute atomic E-state index is 10.6. The molecule has 1 heterocycles. The number of nitrogens with zero attached hydrogens (tertiary/aromatic N) is 2. The Morgan fingerprint density at radius 3 is 2.75 bits per heavy atom. The van der Waals surface area contributed by atoms with E-state index in [2.05, 4.69) is 9.68 Å². The van der Waals surface area contributed by atoms with E-state index in [-0.39, 0.29) is 11.6 Å². The summed E-state index contributed by atoms with van der Waals surface area (Å²) in [7, 11) is 0. The largest absolute Gasteiger partial charge is 0.368 e. The van der Waals surface area contributed by atoms with Crippen LogP contribution in [0.25, 0.3) is 11.3 Å². The molecule has 6 nitrogen and oxygen atoms in total. The summed E-state index contributed by atoms with van der Waals surface area (Å²) in [5, 5.41) is 14.6. The van der Waals surface area contributed by atoms with Crippen LogP contribution in [0.2, 0.25) is 5.02 Å². The first-order valence-corrected chi connectivity index (χ1v) is 4.62. The Bertz CT molecular complexity index is 553. The predicted octanol–water partition coefficient (Wildman–Crippen LogP) is 2.49. The lowest BCUT2D eigenvalue weighted by atomic mass is 10.1. The van der Waals surface area contributed by atoms with Gasteiger partial charge in [0.2, 0.25) is 5.88 Å². The van der Waals surface area contributed by atoms with Crippen LogP contribution >= 0.6 is 11.6 Å². The van der Waals surface area contributed by atoms with Crippen LogP contribution in [-0.2, 0) is 0 Å². The van der Waals surface area contributed by atoms with Gasteiger partial charge in [0.25, 0.3) is 5.69 Å². The van der Waals surface area contributed by atoms with Gasteiger partial charge in [-0.05, 0) is 6.07 Å². The van der Waals surface area contributed by atoms with Crippen LogP contribution in [0, 0.1) is 10.1 Å². The number of non-ortho nitro benzene ring substituents is 1. The molecule has 0 aliphatic heterocycles. The highest BCUT2D eigenvalue weighted by atomic mass is 35.5. The first-order valence-electron chi connectivity index (χ1n) is 4.24. The monoisotopic (exact) mass is 239 g/mol. The first kappa shape index (κ1) is 10.4. The molecule has 1 aromatic heterocycles. The number of halogens is 1. The molecule has 0 unspecified atom stereocenters. The molecule has 0 fully saturated rings. The minimum Gasteiger partial charge on any atom is -0.368 e. The van der Waals surface area contributed by atoms with Crippen molar-refractivity contribution < 1.29 is 9.45 Å². The second-order valence-corrected chi connectivity index (χ2v) is 3.44. The minimum atomic E-state index is -0.511. The van der Waals surface area contributed by atoms with Crippen LogP contribution in [0.1, 0.15) is 0 Å². The fourth-order valence-corrected chi connectivity index (χ4v) is 1.45. The number of nitrogen functional groups attached to an aromatic ring is 1. The lowest BCUT2D eigenvalue weighted by molar-refractivity contribution is -0.384. The van der Waals surface area contributed by atoms with E-state index >= 15 is 0 Å². The SMILES string of the molecule is Nc1cc(-c2cc([N+](=O)[O-])ccc2Cl)no1. The van der Waals surface area contributed by atoms with Crippen molar-refractivity contribution >= 4 is 23.2 Å². The van der Waals surface area contributed by atoms with E-state index in [1.165, 1.54) is 24.3 Å². The zero-order valence-corrected chi connectivity index (χ0v) is 8.64. The number of nitro benzene ring substituents is 1. The van der Waals surface area contributed by atoms with Crippen molar-refractivity contribution in [1.82, 2.24) is 5.16 Å². The van der Waals surface area contributed by atoms with Crippen molar-refractivity contribution in [1.29, 1.82) is 0 Å². The predicted molar refractivity (Wildman–Crippen MR) is 58.0 cm³/mol. The number of rotatable bonds is 2. The van der Waals surface area contributed by atoms with Crippen molar-refractivity contribution in [2.45, 2.75) is 0 Å². The molecule has 0 bridgehead atoms. The average molecular weight is 240 g/mol. The number of nitro groups is 1. The first-order chi connectivity index (χ1) is 7.58. The maximum Gasteiger partial charge on any atom is 0.270 e. The fourth-order valence-electron chi connectivity index (χ4n) is 1.24. The summed E-state index contributed by atoms with van der Waals surface area (Å²) in [6.45, 7) is 0. The number of hydrogen-bond acceptors (Lipinski definition) is 5. The van der Waals surface area contributed by atoms with Gasteiger partial charge in [-0.2, -0.15) is 0 Å². The van der Waals surface area contributed by atoms with Gasteiger partial charge in [0.05, 0.1) is 9.95 Å². The van der Waals surface area contributed by atoms with Gasteiger partial charge in [-0.25, -0.2) is 0 Å². The number of benzene rings is 1. The molecule has 1 aromatic carbocycles. The molecule has 0 aliphatic carbocycles. The van der Waals surface area contributed by atoms with Crippen molar-refractivity contribution in [3.8, 4) is 11.3 Å². The van der Waals surface area contributed by atoms with Crippen molar-refractivity contribution in [3.05, 3.63) is 39.4 Å². The van der Waals surface area contributed by atoms with E-state index < -0.39 is 4.92 Å². The molecule has 0 spiro atoms. The summed E-state index contributed by atoms with van der Waals surface area (Å²) in [5.41, 5.74) is 6.07. The van der Waals surface area contributed by atoms with E-state index in [1.54, 1.807) is 0 Å². The van der Waals surface area contributed by atoms with E-state index in [0.29, 0.717) is 16.3 Å². The Kier molecular flexibility index (Phi) is 2.49. The zero-order chi connectivity index (χ0) is 11.7. The molecule has 2 rings (SSSR count). The van der Waals surface area contributed by atoms with Crippen LogP contribution in [0.15, 0.2) is 28.8 Å². The molecule has 16 heavy (non-hydrogen) atoms. The van der Waals surface area contributed by atoms with E-state index in [1.807, 2.05) is 0 Å². The summed E-state index contributed by atoms with van der Waals surface area (Å²) >= 11 is 5.90. The number of aromatic nitrogens is 1. The summed E-state index contributed by atoms with van der Waals surface area (Å²) in [6, 6.07) is 5.51. The smallest absolute Gasteiger partial charge is 0.270 e. The van der Waals surface area contributed by atoms with Crippen molar-refractivity contribution in [2.24, 2.45) is 0 Å². The van der Waals surface area contributed by atoms with Crippen LogP contribution in [0.5, 0.6) is 0 Å². The zero-order valence-electron chi connectivity index (χ0n) is 7.88. The Balaban J connectivity index is 2.55. The van der Waals surface area contributed by atoms with Gasteiger partial charge in [-0.1, -0.05) is 16.8 Å². The highest BCUT2D eigenvalue weighted by Gasteiger charge is 2.14. The van der Waals surface area contributed by atoms with Crippen LogP contribution in [0.4, 0.5) is 11.6 Å². The van der Waals surface area contributed by atoms with Gasteiger partial charge >= 0.3 is 0 Å². The Morgan fingerprint density at radius 1 is 1.44 bits per heavy atom. The quantitative estimate of drug-likeness (QED) is 0.642. The highest BCUT2D eigenvalue weighted by molar-refractivity contribution is 6.33. The lowest BCUT2D eigenvalue weighted by Crippen LogP contribution is -1.89. The van der Waals surface area contributed by atoms with Gasteiger partial charge < -0.3 is 10.3 Å². The third-order valence-corrected chi connectivity index (χ3v) is 2.29. The molecule has 82 valence electrons. The molecule has 0 radical (unpaired) electrons. The number of hydrogen-bond donors (Lipinski definition) is 1. The van der Waals surface area contributed by atoms with Crippen molar-refractivity contribution in [2.75, 3.05) is 5.73 Å². The van der Waals surface area contributed by atoms with E-state index in [9.17, 15) is 10.1 Å². The van der Waals surface area contributed by atoms with Gasteiger partial charge in [-0.15, -0.1) is 0 Å². The van der Waals surface area contributed by atoms with E-state index in [4.69, 9.17) is 17.3 Å². The van der Waals surface area contributed by atoms with Crippen LogP contribution < -0.4 is 5.73 Å². The number of anilines is 1. The van der Waals surface area contributed by atoms with Gasteiger partial charge in [-0.3, -0.25) is 10.1 Å². The highest BCUT2D eigenvalue weighted by Crippen LogP contribution is 2.31. The van der Waals surface area contributed by atoms with E-state index in [0.717, 1.165) is 0 Å². The standard InChI is InChI=1S/C9H6ClN3O3/c10-7-2-1-5(13(14)15)3-6(7)8-4-9(11)16-12-8/h1-4H,11H2. The molecule has 0 saturated heterocycles. The average Bonchev–Trinajstić information content (AvgIpc) is 2.65. The fraction of sp³-hybridized carbons (Fsp3) is 0. The van der Waals surface area contributed by atoms with Crippen molar-refractivity contribution in [3.63, 3.8) is 0 Å². The van der Waals surface area contributed by atoms with Gasteiger partial charge in [0.1, 0.15) is 5.69 Å². The third-order valence-electron chi connectivity index (χ3n) is 1.97. The van der Waals surface area contributed by atoms with Crippen LogP contribution in [-0.4, -0.2) is 10.1 Å². The molecule has 0 aliphatic rings. The molecule has 0 atom stereocenters. The molecule has 2 N–H and O–H groups in total. The normalized spacial score (nSPS) is 10.3. The molecule has 7 heteroatoms. The molecule has 0 amide bonds. The molecule has 0 saturated carbocycles. The Labute approximate surface area is 94.7 Å². The minimum absolute atomic E-state index is 0.0685. The second-order valence-electron chi connectivity index (χ2n) is 3.04. The Morgan fingerprint density at radius 2 is 2.19 bits per heavy atom. The van der Waals surface area contributed by atoms with Gasteiger partial charge in [0, 0.05) is 23.8 Å². The molecule has 2 aromatic rings.